The number of aliphatic hydroxyl groups excluding tert-OH is 1. The maximum absolute atomic E-state index is 11.3. The van der Waals surface area contributed by atoms with Crippen LogP contribution < -0.4 is 0 Å². The van der Waals surface area contributed by atoms with E-state index in [-0.39, 0.29) is 19.6 Å². The Balaban J connectivity index is 4.41. The van der Waals surface area contributed by atoms with Crippen LogP contribution in [0.25, 0.3) is 0 Å². The van der Waals surface area contributed by atoms with Gasteiger partial charge in [-0.05, 0) is 0 Å². The van der Waals surface area contributed by atoms with E-state index in [1.54, 1.807) is 0 Å². The molecule has 0 heterocycles. The summed E-state index contributed by atoms with van der Waals surface area (Å²) in [6.45, 7) is -2.15. The van der Waals surface area contributed by atoms with E-state index >= 15 is 0 Å². The highest BCUT2D eigenvalue weighted by Crippen LogP contribution is 2.08. The van der Waals surface area contributed by atoms with Gasteiger partial charge in [0, 0.05) is 0 Å². The quantitative estimate of drug-likeness (QED) is 0.258. The van der Waals surface area contributed by atoms with Crippen molar-refractivity contribution in [1.82, 2.24) is 0 Å². The van der Waals surface area contributed by atoms with Crippen LogP contribution in [0, 0.1) is 0 Å². The summed E-state index contributed by atoms with van der Waals surface area (Å²) in [5.74, 6) is -1.16. The molecule has 0 saturated carbocycles. The number of aliphatic hydroxyl groups is 2. The molecule has 8 nitrogen and oxygen atoms in total. The van der Waals surface area contributed by atoms with Gasteiger partial charge in [0.1, 0.15) is 19.8 Å². The summed E-state index contributed by atoms with van der Waals surface area (Å²) in [6, 6.07) is 0. The van der Waals surface area contributed by atoms with Crippen molar-refractivity contribution in [3.8, 4) is 0 Å². The molecule has 0 radical (unpaired) electrons. The molecule has 0 aromatic rings. The van der Waals surface area contributed by atoms with Gasteiger partial charge >= 0.3 is 5.97 Å². The summed E-state index contributed by atoms with van der Waals surface area (Å²) in [7, 11) is 0. The fraction of sp³-hybridized carbons (Fsp3) is 0.625. The zero-order chi connectivity index (χ0) is 12.4. The van der Waals surface area contributed by atoms with E-state index in [2.05, 4.69) is 14.2 Å². The third-order valence-electron chi connectivity index (χ3n) is 1.48. The van der Waals surface area contributed by atoms with E-state index in [0.717, 1.165) is 0 Å². The lowest BCUT2D eigenvalue weighted by atomic mass is 10.1. The van der Waals surface area contributed by atoms with E-state index in [1.807, 2.05) is 0 Å². The topological polar surface area (TPSA) is 119 Å². The number of carbonyl (C=O) groups is 3. The molecule has 2 N–H and O–H groups in total. The number of carbonyl (C=O) groups excluding carboxylic acids is 3. The van der Waals surface area contributed by atoms with Gasteiger partial charge in [0.15, 0.2) is 0 Å². The van der Waals surface area contributed by atoms with E-state index in [1.165, 1.54) is 0 Å². The highest BCUT2D eigenvalue weighted by atomic mass is 16.6. The van der Waals surface area contributed by atoms with Gasteiger partial charge in [0.25, 0.3) is 12.9 Å². The smallest absolute Gasteiger partial charge is 0.345 e. The Morgan fingerprint density at radius 3 is 2.06 bits per heavy atom. The molecule has 0 aliphatic carbocycles. The largest absolute Gasteiger partial charge is 0.464 e. The third kappa shape index (κ3) is 4.71. The van der Waals surface area contributed by atoms with Crippen LogP contribution in [-0.2, 0) is 28.6 Å². The first-order chi connectivity index (χ1) is 7.60. The van der Waals surface area contributed by atoms with E-state index in [9.17, 15) is 19.5 Å². The van der Waals surface area contributed by atoms with Crippen LogP contribution in [0.1, 0.15) is 0 Å². The van der Waals surface area contributed by atoms with Crippen LogP contribution in [0.5, 0.6) is 0 Å². The van der Waals surface area contributed by atoms with Crippen molar-refractivity contribution < 1.29 is 38.8 Å². The standard InChI is InChI=1S/C8H12O8/c9-1-2-16-7(12)8(13,3-14-5-10)4-15-6-11/h5-6,9,13H,1-4H2. The average Bonchev–Trinajstić information content (AvgIpc) is 2.30. The molecule has 0 fully saturated rings. The van der Waals surface area contributed by atoms with Crippen LogP contribution in [0.15, 0.2) is 0 Å². The Kier molecular flexibility index (Phi) is 6.81. The van der Waals surface area contributed by atoms with E-state index < -0.39 is 31.4 Å². The van der Waals surface area contributed by atoms with Gasteiger partial charge in [-0.25, -0.2) is 4.79 Å². The lowest BCUT2D eigenvalue weighted by molar-refractivity contribution is -0.181. The molecule has 0 amide bonds. The molecule has 0 aromatic heterocycles. The van der Waals surface area contributed by atoms with Gasteiger partial charge in [0.05, 0.1) is 6.61 Å². The third-order valence-corrected chi connectivity index (χ3v) is 1.48. The zero-order valence-corrected chi connectivity index (χ0v) is 8.33. The van der Waals surface area contributed by atoms with Crippen molar-refractivity contribution >= 4 is 18.9 Å². The highest BCUT2D eigenvalue weighted by molar-refractivity contribution is 5.80. The van der Waals surface area contributed by atoms with Crippen LogP contribution in [-0.4, -0.2) is 61.2 Å². The summed E-state index contributed by atoms with van der Waals surface area (Å²) in [5.41, 5.74) is -2.27. The monoisotopic (exact) mass is 236 g/mol. The van der Waals surface area contributed by atoms with Crippen LogP contribution in [0.4, 0.5) is 0 Å². The maximum atomic E-state index is 11.3. The number of ether oxygens (including phenoxy) is 3. The molecule has 0 rings (SSSR count). The molecular weight excluding hydrogens is 224 g/mol. The molecule has 0 aliphatic heterocycles. The van der Waals surface area contributed by atoms with Crippen molar-refractivity contribution in [3.05, 3.63) is 0 Å². The van der Waals surface area contributed by atoms with Crippen LogP contribution in [0.2, 0.25) is 0 Å². The molecule has 0 spiro atoms. The SMILES string of the molecule is O=COCC(O)(COC=O)C(=O)OCCO. The second kappa shape index (κ2) is 7.60. The second-order valence-corrected chi connectivity index (χ2v) is 2.71. The van der Waals surface area contributed by atoms with E-state index in [4.69, 9.17) is 5.11 Å². The van der Waals surface area contributed by atoms with E-state index in [0.29, 0.717) is 0 Å². The van der Waals surface area contributed by atoms with Gasteiger partial charge in [0.2, 0.25) is 5.60 Å². The number of esters is 1. The molecule has 0 unspecified atom stereocenters. The molecular formula is C8H12O8. The predicted octanol–water partition coefficient (Wildman–Crippen LogP) is -2.40. The summed E-state index contributed by atoms with van der Waals surface area (Å²) in [4.78, 5) is 31.1. The van der Waals surface area contributed by atoms with Gasteiger partial charge in [-0.15, -0.1) is 0 Å². The van der Waals surface area contributed by atoms with Gasteiger partial charge in [-0.3, -0.25) is 9.59 Å². The average molecular weight is 236 g/mol. The Bertz CT molecular complexity index is 226. The summed E-state index contributed by atoms with van der Waals surface area (Å²) in [6.07, 6.45) is 0. The number of hydrogen-bond acceptors (Lipinski definition) is 8. The molecule has 0 saturated heterocycles. The molecule has 0 atom stereocenters. The molecule has 0 bridgehead atoms. The maximum Gasteiger partial charge on any atom is 0.345 e. The lowest BCUT2D eigenvalue weighted by Gasteiger charge is -2.23. The summed E-state index contributed by atoms with van der Waals surface area (Å²) in [5, 5.41) is 18.0. The first-order valence-electron chi connectivity index (χ1n) is 4.21. The zero-order valence-electron chi connectivity index (χ0n) is 8.33. The van der Waals surface area contributed by atoms with Gasteiger partial charge in [-0.2, -0.15) is 0 Å². The summed E-state index contributed by atoms with van der Waals surface area (Å²) >= 11 is 0. The van der Waals surface area contributed by atoms with Crippen molar-refractivity contribution in [2.24, 2.45) is 0 Å². The van der Waals surface area contributed by atoms with Crippen molar-refractivity contribution in [3.63, 3.8) is 0 Å². The Morgan fingerprint density at radius 1 is 1.19 bits per heavy atom. The fourth-order valence-corrected chi connectivity index (χ4v) is 0.776. The summed E-state index contributed by atoms with van der Waals surface area (Å²) < 4.78 is 12.8. The molecule has 0 aliphatic rings. The number of hydrogen-bond donors (Lipinski definition) is 2. The second-order valence-electron chi connectivity index (χ2n) is 2.71. The molecule has 92 valence electrons. The minimum atomic E-state index is -2.27. The normalized spacial score (nSPS) is 10.4. The van der Waals surface area contributed by atoms with Crippen LogP contribution in [0.3, 0.4) is 0 Å². The minimum Gasteiger partial charge on any atom is -0.464 e. The van der Waals surface area contributed by atoms with Crippen molar-refractivity contribution in [2.75, 3.05) is 26.4 Å². The van der Waals surface area contributed by atoms with Crippen molar-refractivity contribution in [2.45, 2.75) is 5.60 Å². The Morgan fingerprint density at radius 2 is 1.69 bits per heavy atom. The Hall–Kier alpha value is -1.67. The molecule has 8 heteroatoms. The number of rotatable bonds is 9. The Labute approximate surface area is 90.7 Å². The first kappa shape index (κ1) is 14.3. The predicted molar refractivity (Wildman–Crippen MR) is 47.0 cm³/mol. The van der Waals surface area contributed by atoms with Crippen molar-refractivity contribution in [1.29, 1.82) is 0 Å². The van der Waals surface area contributed by atoms with Gasteiger partial charge in [-0.1, -0.05) is 0 Å². The molecule has 16 heavy (non-hydrogen) atoms. The first-order valence-corrected chi connectivity index (χ1v) is 4.21. The molecule has 0 aromatic carbocycles. The highest BCUT2D eigenvalue weighted by Gasteiger charge is 2.40. The van der Waals surface area contributed by atoms with Crippen LogP contribution >= 0.6 is 0 Å². The minimum absolute atomic E-state index is 0.0191. The lowest BCUT2D eigenvalue weighted by Crippen LogP contribution is -2.48. The van der Waals surface area contributed by atoms with Gasteiger partial charge < -0.3 is 24.4 Å². The fourth-order valence-electron chi connectivity index (χ4n) is 0.776.